The molecule has 0 fully saturated rings. The molecule has 0 amide bonds. The van der Waals surface area contributed by atoms with Crippen LogP contribution in [-0.4, -0.2) is 11.4 Å². The van der Waals surface area contributed by atoms with Crippen molar-refractivity contribution in [3.63, 3.8) is 0 Å². The zero-order valence-electron chi connectivity index (χ0n) is 6.98. The minimum atomic E-state index is 0.718. The Labute approximate surface area is 79.0 Å². The number of rotatable bonds is 2. The zero-order chi connectivity index (χ0) is 9.26. The normalized spacial score (nSPS) is 10.2. The summed E-state index contributed by atoms with van der Waals surface area (Å²) < 4.78 is 4.73. The fourth-order valence-corrected chi connectivity index (χ4v) is 2.02. The molecule has 2 aromatic heterocycles. The summed E-state index contributed by atoms with van der Waals surface area (Å²) in [5.41, 5.74) is 1.75. The van der Waals surface area contributed by atoms with Gasteiger partial charge in [-0.15, -0.1) is 11.3 Å². The van der Waals surface area contributed by atoms with E-state index < -0.39 is 0 Å². The SMILES string of the molecule is Cc1sc(C=O)cc1-c1ccon1. The van der Waals surface area contributed by atoms with E-state index in [0.717, 1.165) is 27.3 Å². The maximum atomic E-state index is 10.5. The molecule has 66 valence electrons. The average Bonchev–Trinajstić information content (AvgIpc) is 2.72. The minimum absolute atomic E-state index is 0.718. The second-order valence-electron chi connectivity index (χ2n) is 2.62. The minimum Gasteiger partial charge on any atom is -0.364 e. The Balaban J connectivity index is 2.52. The summed E-state index contributed by atoms with van der Waals surface area (Å²) in [6, 6.07) is 3.61. The Morgan fingerprint density at radius 3 is 3.00 bits per heavy atom. The number of hydrogen-bond donors (Lipinski definition) is 0. The number of hydrogen-bond acceptors (Lipinski definition) is 4. The first-order valence-electron chi connectivity index (χ1n) is 3.77. The van der Waals surface area contributed by atoms with Crippen LogP contribution in [0.3, 0.4) is 0 Å². The Morgan fingerprint density at radius 1 is 1.62 bits per heavy atom. The Morgan fingerprint density at radius 2 is 2.46 bits per heavy atom. The van der Waals surface area contributed by atoms with Crippen molar-refractivity contribution in [3.05, 3.63) is 28.2 Å². The quantitative estimate of drug-likeness (QED) is 0.688. The molecule has 0 bridgehead atoms. The standard InChI is InChI=1S/C9H7NO2S/c1-6-8(4-7(5-11)13-6)9-2-3-12-10-9/h2-5H,1H3. The van der Waals surface area contributed by atoms with E-state index in [2.05, 4.69) is 5.16 Å². The van der Waals surface area contributed by atoms with E-state index >= 15 is 0 Å². The third-order valence-electron chi connectivity index (χ3n) is 1.77. The summed E-state index contributed by atoms with van der Waals surface area (Å²) in [6.07, 6.45) is 2.37. The molecule has 13 heavy (non-hydrogen) atoms. The first-order chi connectivity index (χ1) is 6.31. The van der Waals surface area contributed by atoms with Crippen LogP contribution >= 0.6 is 11.3 Å². The zero-order valence-corrected chi connectivity index (χ0v) is 7.80. The number of aryl methyl sites for hydroxylation is 1. The van der Waals surface area contributed by atoms with Gasteiger partial charge in [-0.05, 0) is 13.0 Å². The van der Waals surface area contributed by atoms with Gasteiger partial charge in [-0.25, -0.2) is 0 Å². The van der Waals surface area contributed by atoms with Crippen LogP contribution in [0.5, 0.6) is 0 Å². The van der Waals surface area contributed by atoms with Crippen molar-refractivity contribution in [3.8, 4) is 11.3 Å². The second kappa shape index (κ2) is 3.14. The highest BCUT2D eigenvalue weighted by atomic mass is 32.1. The fraction of sp³-hybridized carbons (Fsp3) is 0.111. The molecule has 0 radical (unpaired) electrons. The average molecular weight is 193 g/mol. The van der Waals surface area contributed by atoms with Crippen LogP contribution in [0.15, 0.2) is 22.9 Å². The van der Waals surface area contributed by atoms with Gasteiger partial charge in [0.1, 0.15) is 12.0 Å². The first-order valence-corrected chi connectivity index (χ1v) is 4.59. The Hall–Kier alpha value is -1.42. The third-order valence-corrected chi connectivity index (χ3v) is 2.74. The van der Waals surface area contributed by atoms with Gasteiger partial charge in [-0.1, -0.05) is 5.16 Å². The molecule has 3 nitrogen and oxygen atoms in total. The molecule has 2 aromatic rings. The predicted octanol–water partition coefficient (Wildman–Crippen LogP) is 2.52. The molecule has 0 unspecified atom stereocenters. The van der Waals surface area contributed by atoms with Gasteiger partial charge in [0.05, 0.1) is 4.88 Å². The molecular formula is C9H7NO2S. The Bertz CT molecular complexity index is 417. The van der Waals surface area contributed by atoms with Crippen LogP contribution in [0.25, 0.3) is 11.3 Å². The highest BCUT2D eigenvalue weighted by molar-refractivity contribution is 7.14. The van der Waals surface area contributed by atoms with Crippen molar-refractivity contribution in [2.24, 2.45) is 0 Å². The van der Waals surface area contributed by atoms with E-state index in [9.17, 15) is 4.79 Å². The lowest BCUT2D eigenvalue weighted by molar-refractivity contribution is 0.112. The van der Waals surface area contributed by atoms with Gasteiger partial charge in [0.15, 0.2) is 6.29 Å². The smallest absolute Gasteiger partial charge is 0.160 e. The van der Waals surface area contributed by atoms with Crippen molar-refractivity contribution in [1.29, 1.82) is 0 Å². The molecule has 0 atom stereocenters. The molecule has 2 rings (SSSR count). The summed E-state index contributed by atoms with van der Waals surface area (Å²) in [7, 11) is 0. The van der Waals surface area contributed by atoms with E-state index in [1.54, 1.807) is 6.07 Å². The highest BCUT2D eigenvalue weighted by Crippen LogP contribution is 2.28. The van der Waals surface area contributed by atoms with E-state index in [0.29, 0.717) is 0 Å². The van der Waals surface area contributed by atoms with Crippen LogP contribution in [0.1, 0.15) is 14.5 Å². The fourth-order valence-electron chi connectivity index (χ4n) is 1.17. The predicted molar refractivity (Wildman–Crippen MR) is 49.9 cm³/mol. The van der Waals surface area contributed by atoms with Crippen LogP contribution in [0.4, 0.5) is 0 Å². The maximum Gasteiger partial charge on any atom is 0.160 e. The topological polar surface area (TPSA) is 43.1 Å². The number of aromatic nitrogens is 1. The van der Waals surface area contributed by atoms with Crippen molar-refractivity contribution in [2.45, 2.75) is 6.92 Å². The largest absolute Gasteiger partial charge is 0.364 e. The lowest BCUT2D eigenvalue weighted by atomic mass is 10.2. The summed E-state index contributed by atoms with van der Waals surface area (Å²) >= 11 is 1.46. The van der Waals surface area contributed by atoms with Crippen molar-refractivity contribution < 1.29 is 9.32 Å². The summed E-state index contributed by atoms with van der Waals surface area (Å²) in [4.78, 5) is 12.3. The number of nitrogens with zero attached hydrogens (tertiary/aromatic N) is 1. The first kappa shape index (κ1) is 8.19. The molecule has 0 saturated carbocycles. The van der Waals surface area contributed by atoms with Crippen LogP contribution < -0.4 is 0 Å². The van der Waals surface area contributed by atoms with E-state index in [-0.39, 0.29) is 0 Å². The summed E-state index contributed by atoms with van der Waals surface area (Å²) in [5.74, 6) is 0. The van der Waals surface area contributed by atoms with E-state index in [4.69, 9.17) is 4.52 Å². The van der Waals surface area contributed by atoms with Crippen LogP contribution in [0.2, 0.25) is 0 Å². The van der Waals surface area contributed by atoms with Crippen molar-refractivity contribution in [1.82, 2.24) is 5.16 Å². The van der Waals surface area contributed by atoms with Gasteiger partial charge in [0.25, 0.3) is 0 Å². The van der Waals surface area contributed by atoms with Crippen LogP contribution in [-0.2, 0) is 0 Å². The number of thiophene rings is 1. The van der Waals surface area contributed by atoms with Gasteiger partial charge in [-0.2, -0.15) is 0 Å². The van der Waals surface area contributed by atoms with E-state index in [1.807, 2.05) is 13.0 Å². The molecule has 4 heteroatoms. The lowest BCUT2D eigenvalue weighted by Crippen LogP contribution is -1.74. The van der Waals surface area contributed by atoms with Gasteiger partial charge >= 0.3 is 0 Å². The molecule has 0 aromatic carbocycles. The third kappa shape index (κ3) is 1.40. The Kier molecular flexibility index (Phi) is 1.98. The molecular weight excluding hydrogens is 186 g/mol. The number of carbonyl (C=O) groups is 1. The molecule has 0 aliphatic heterocycles. The monoisotopic (exact) mass is 193 g/mol. The molecule has 0 aliphatic carbocycles. The molecule has 2 heterocycles. The molecule has 0 spiro atoms. The summed E-state index contributed by atoms with van der Waals surface area (Å²) in [5, 5.41) is 3.81. The molecule has 0 saturated heterocycles. The van der Waals surface area contributed by atoms with E-state index in [1.165, 1.54) is 17.6 Å². The van der Waals surface area contributed by atoms with Crippen LogP contribution in [0, 0.1) is 6.92 Å². The van der Waals surface area contributed by atoms with Gasteiger partial charge < -0.3 is 4.52 Å². The number of carbonyl (C=O) groups excluding carboxylic acids is 1. The maximum absolute atomic E-state index is 10.5. The number of aldehydes is 1. The highest BCUT2D eigenvalue weighted by Gasteiger charge is 2.08. The lowest BCUT2D eigenvalue weighted by Gasteiger charge is -1.89. The van der Waals surface area contributed by atoms with Gasteiger partial charge in [0.2, 0.25) is 0 Å². The summed E-state index contributed by atoms with van der Waals surface area (Å²) in [6.45, 7) is 1.96. The molecule has 0 N–H and O–H groups in total. The molecule has 0 aliphatic rings. The second-order valence-corrected chi connectivity index (χ2v) is 3.91. The van der Waals surface area contributed by atoms with Gasteiger partial charge in [0, 0.05) is 16.5 Å². The van der Waals surface area contributed by atoms with Crippen molar-refractivity contribution >= 4 is 17.6 Å². The van der Waals surface area contributed by atoms with Crippen molar-refractivity contribution in [2.75, 3.05) is 0 Å². The van der Waals surface area contributed by atoms with Gasteiger partial charge in [-0.3, -0.25) is 4.79 Å².